The zero-order valence-corrected chi connectivity index (χ0v) is 17.5. The number of halogens is 1. The number of carbonyl (C=O) groups excluding carboxylic acids is 1. The Morgan fingerprint density at radius 2 is 1.50 bits per heavy atom. The van der Waals surface area contributed by atoms with Crippen molar-refractivity contribution in [3.05, 3.63) is 111 Å². The molecule has 0 aliphatic carbocycles. The summed E-state index contributed by atoms with van der Waals surface area (Å²) < 4.78 is 0.961. The van der Waals surface area contributed by atoms with E-state index < -0.39 is 0 Å². The largest absolute Gasteiger partial charge is 0.380 e. The minimum absolute atomic E-state index is 0.0373. The lowest BCUT2D eigenvalue weighted by Crippen LogP contribution is -2.05. The van der Waals surface area contributed by atoms with E-state index in [0.717, 1.165) is 25.5 Å². The van der Waals surface area contributed by atoms with E-state index in [0.29, 0.717) is 12.1 Å². The van der Waals surface area contributed by atoms with Crippen LogP contribution in [0.15, 0.2) is 95.5 Å². The van der Waals surface area contributed by atoms with Gasteiger partial charge in [-0.2, -0.15) is 0 Å². The van der Waals surface area contributed by atoms with Crippen molar-refractivity contribution in [3.63, 3.8) is 0 Å². The first-order valence-electron chi connectivity index (χ1n) is 8.98. The Morgan fingerprint density at radius 3 is 2.18 bits per heavy atom. The molecule has 0 saturated carbocycles. The molecule has 1 N–H and O–H groups in total. The Labute approximate surface area is 177 Å². The van der Waals surface area contributed by atoms with Gasteiger partial charge in [0.05, 0.1) is 10.6 Å². The average molecular weight is 448 g/mol. The highest BCUT2D eigenvalue weighted by Crippen LogP contribution is 2.36. The lowest BCUT2D eigenvalue weighted by molar-refractivity contribution is 0.104. The van der Waals surface area contributed by atoms with Gasteiger partial charge in [0.15, 0.2) is 0 Å². The number of anilines is 1. The molecule has 0 aliphatic rings. The normalized spacial score (nSPS) is 10.6. The van der Waals surface area contributed by atoms with Gasteiger partial charge in [-0.25, -0.2) is 0 Å². The second-order valence-electron chi connectivity index (χ2n) is 6.39. The Hall–Kier alpha value is -2.69. The number of thiophene rings is 1. The van der Waals surface area contributed by atoms with Crippen LogP contribution in [0.5, 0.6) is 0 Å². The third kappa shape index (κ3) is 4.24. The van der Waals surface area contributed by atoms with E-state index in [2.05, 4.69) is 51.6 Å². The summed E-state index contributed by atoms with van der Waals surface area (Å²) in [6, 6.07) is 30.0. The predicted molar refractivity (Wildman–Crippen MR) is 121 cm³/mol. The zero-order chi connectivity index (χ0) is 19.3. The number of hydrogen-bond acceptors (Lipinski definition) is 3. The van der Waals surface area contributed by atoms with Crippen molar-refractivity contribution in [1.82, 2.24) is 0 Å². The summed E-state index contributed by atoms with van der Waals surface area (Å²) in [5.41, 5.74) is 3.86. The van der Waals surface area contributed by atoms with Gasteiger partial charge in [0, 0.05) is 21.5 Å². The molecule has 0 spiro atoms. The maximum Gasteiger partial charge on any atom is 0.205 e. The molecule has 0 fully saturated rings. The van der Waals surface area contributed by atoms with Crippen LogP contribution in [0.2, 0.25) is 0 Å². The van der Waals surface area contributed by atoms with Crippen LogP contribution in [0.25, 0.3) is 10.4 Å². The summed E-state index contributed by atoms with van der Waals surface area (Å²) in [4.78, 5) is 15.0. The highest BCUT2D eigenvalue weighted by molar-refractivity contribution is 9.10. The van der Waals surface area contributed by atoms with Crippen LogP contribution >= 0.6 is 27.3 Å². The van der Waals surface area contributed by atoms with Gasteiger partial charge < -0.3 is 5.32 Å². The van der Waals surface area contributed by atoms with Crippen molar-refractivity contribution in [2.75, 3.05) is 5.32 Å². The zero-order valence-electron chi connectivity index (χ0n) is 15.1. The standard InChI is InChI=1S/C24H18BrNOS/c25-20-13-11-19(12-14-20)23(27)24-21(26-16-17-7-3-1-4-8-17)15-22(28-24)18-9-5-2-6-10-18/h1-15,26H,16H2. The van der Waals surface area contributed by atoms with E-state index in [1.165, 1.54) is 16.9 Å². The third-order valence-corrected chi connectivity index (χ3v) is 6.14. The van der Waals surface area contributed by atoms with Crippen molar-refractivity contribution >= 4 is 38.7 Å². The van der Waals surface area contributed by atoms with Gasteiger partial charge in [-0.3, -0.25) is 4.79 Å². The molecule has 0 saturated heterocycles. The van der Waals surface area contributed by atoms with Gasteiger partial charge in [0.2, 0.25) is 5.78 Å². The Bertz CT molecular complexity index is 1070. The van der Waals surface area contributed by atoms with E-state index in [9.17, 15) is 4.79 Å². The number of nitrogens with one attached hydrogen (secondary N) is 1. The minimum Gasteiger partial charge on any atom is -0.380 e. The van der Waals surface area contributed by atoms with Crippen molar-refractivity contribution in [2.45, 2.75) is 6.54 Å². The molecule has 0 unspecified atom stereocenters. The monoisotopic (exact) mass is 447 g/mol. The fraction of sp³-hybridized carbons (Fsp3) is 0.0417. The van der Waals surface area contributed by atoms with Crippen LogP contribution in [-0.4, -0.2) is 5.78 Å². The quantitative estimate of drug-likeness (QED) is 0.321. The molecule has 0 bridgehead atoms. The molecule has 1 heterocycles. The van der Waals surface area contributed by atoms with Gasteiger partial charge in [0.25, 0.3) is 0 Å². The van der Waals surface area contributed by atoms with E-state index in [-0.39, 0.29) is 5.78 Å². The Balaban J connectivity index is 1.69. The van der Waals surface area contributed by atoms with Gasteiger partial charge in [-0.15, -0.1) is 11.3 Å². The van der Waals surface area contributed by atoms with E-state index in [4.69, 9.17) is 0 Å². The SMILES string of the molecule is O=C(c1ccc(Br)cc1)c1sc(-c2ccccc2)cc1NCc1ccccc1. The van der Waals surface area contributed by atoms with Crippen LogP contribution in [0.3, 0.4) is 0 Å². The first-order valence-corrected chi connectivity index (χ1v) is 10.6. The molecular formula is C24H18BrNOS. The lowest BCUT2D eigenvalue weighted by atomic mass is 10.1. The summed E-state index contributed by atoms with van der Waals surface area (Å²) in [5, 5.41) is 3.46. The Morgan fingerprint density at radius 1 is 0.857 bits per heavy atom. The van der Waals surface area contributed by atoms with Crippen molar-refractivity contribution in [3.8, 4) is 10.4 Å². The summed E-state index contributed by atoms with van der Waals surface area (Å²) in [7, 11) is 0. The topological polar surface area (TPSA) is 29.1 Å². The summed E-state index contributed by atoms with van der Waals surface area (Å²) in [6.07, 6.45) is 0. The molecule has 0 radical (unpaired) electrons. The molecular weight excluding hydrogens is 430 g/mol. The summed E-state index contributed by atoms with van der Waals surface area (Å²) in [6.45, 7) is 0.673. The molecule has 4 aromatic rings. The van der Waals surface area contributed by atoms with Gasteiger partial charge >= 0.3 is 0 Å². The van der Waals surface area contributed by atoms with Crippen LogP contribution in [-0.2, 0) is 6.54 Å². The van der Waals surface area contributed by atoms with Crippen molar-refractivity contribution in [2.24, 2.45) is 0 Å². The molecule has 0 aliphatic heterocycles. The molecule has 3 aromatic carbocycles. The first-order chi connectivity index (χ1) is 13.7. The van der Waals surface area contributed by atoms with Crippen LogP contribution < -0.4 is 5.32 Å². The summed E-state index contributed by atoms with van der Waals surface area (Å²) in [5.74, 6) is 0.0373. The molecule has 138 valence electrons. The fourth-order valence-corrected chi connectivity index (χ4v) is 4.33. The molecule has 0 atom stereocenters. The second kappa shape index (κ2) is 8.55. The van der Waals surface area contributed by atoms with Gasteiger partial charge in [0.1, 0.15) is 0 Å². The number of ketones is 1. The third-order valence-electron chi connectivity index (χ3n) is 4.43. The molecule has 4 rings (SSSR count). The number of benzene rings is 3. The number of carbonyl (C=O) groups is 1. The predicted octanol–water partition coefficient (Wildman–Crippen LogP) is 7.02. The van der Waals surface area contributed by atoms with E-state index in [1.807, 2.05) is 60.7 Å². The van der Waals surface area contributed by atoms with E-state index in [1.54, 1.807) is 0 Å². The fourth-order valence-electron chi connectivity index (χ4n) is 2.96. The maximum absolute atomic E-state index is 13.2. The van der Waals surface area contributed by atoms with Crippen LogP contribution in [0.1, 0.15) is 20.8 Å². The smallest absolute Gasteiger partial charge is 0.205 e. The molecule has 1 aromatic heterocycles. The van der Waals surface area contributed by atoms with E-state index >= 15 is 0 Å². The molecule has 4 heteroatoms. The second-order valence-corrected chi connectivity index (χ2v) is 8.36. The minimum atomic E-state index is 0.0373. The summed E-state index contributed by atoms with van der Waals surface area (Å²) >= 11 is 4.96. The molecule has 0 amide bonds. The first kappa shape index (κ1) is 18.7. The van der Waals surface area contributed by atoms with Gasteiger partial charge in [-0.1, -0.05) is 76.6 Å². The number of hydrogen-bond donors (Lipinski definition) is 1. The highest BCUT2D eigenvalue weighted by Gasteiger charge is 2.18. The highest BCUT2D eigenvalue weighted by atomic mass is 79.9. The average Bonchev–Trinajstić information content (AvgIpc) is 3.18. The van der Waals surface area contributed by atoms with Crippen LogP contribution in [0, 0.1) is 0 Å². The van der Waals surface area contributed by atoms with Gasteiger partial charge in [-0.05, 0) is 41.5 Å². The Kier molecular flexibility index (Phi) is 5.70. The maximum atomic E-state index is 13.2. The van der Waals surface area contributed by atoms with Crippen molar-refractivity contribution in [1.29, 1.82) is 0 Å². The number of rotatable bonds is 6. The lowest BCUT2D eigenvalue weighted by Gasteiger charge is -2.07. The molecule has 2 nitrogen and oxygen atoms in total. The van der Waals surface area contributed by atoms with Crippen LogP contribution in [0.4, 0.5) is 5.69 Å². The van der Waals surface area contributed by atoms with Crippen molar-refractivity contribution < 1.29 is 4.79 Å². The molecule has 28 heavy (non-hydrogen) atoms.